The van der Waals surface area contributed by atoms with Gasteiger partial charge in [-0.05, 0) is 30.5 Å². The molecule has 0 heterocycles. The monoisotopic (exact) mass is 190 g/mol. The van der Waals surface area contributed by atoms with Gasteiger partial charge in [-0.3, -0.25) is 4.79 Å². The molecule has 0 unspecified atom stereocenters. The van der Waals surface area contributed by atoms with Crippen molar-refractivity contribution >= 4 is 11.6 Å². The molecule has 74 valence electrons. The number of carbonyl (C=O) groups is 1. The Hall–Kier alpha value is -1.51. The smallest absolute Gasteiger partial charge is 0.224 e. The average molecular weight is 190 g/mol. The first kappa shape index (κ1) is 9.06. The van der Waals surface area contributed by atoms with E-state index in [0.717, 1.165) is 24.1 Å². The second-order valence-corrected chi connectivity index (χ2v) is 3.76. The highest BCUT2D eigenvalue weighted by molar-refractivity contribution is 5.79. The van der Waals surface area contributed by atoms with E-state index in [1.807, 2.05) is 24.3 Å². The second kappa shape index (κ2) is 3.70. The quantitative estimate of drug-likeness (QED) is 0.701. The van der Waals surface area contributed by atoms with Crippen molar-refractivity contribution in [1.82, 2.24) is 5.32 Å². The summed E-state index contributed by atoms with van der Waals surface area (Å²) in [5.74, 6) is 0.109. The first-order chi connectivity index (χ1) is 6.74. The molecule has 0 atom stereocenters. The number of rotatable bonds is 3. The van der Waals surface area contributed by atoms with E-state index < -0.39 is 0 Å². The van der Waals surface area contributed by atoms with Crippen LogP contribution in [-0.4, -0.2) is 11.9 Å². The van der Waals surface area contributed by atoms with E-state index >= 15 is 0 Å². The van der Waals surface area contributed by atoms with Crippen molar-refractivity contribution in [3.8, 4) is 0 Å². The van der Waals surface area contributed by atoms with Gasteiger partial charge in [-0.2, -0.15) is 0 Å². The van der Waals surface area contributed by atoms with E-state index in [1.165, 1.54) is 0 Å². The maximum atomic E-state index is 11.4. The number of hydrogen-bond acceptors (Lipinski definition) is 2. The number of benzene rings is 1. The van der Waals surface area contributed by atoms with E-state index in [2.05, 4.69) is 5.32 Å². The third kappa shape index (κ3) is 2.49. The van der Waals surface area contributed by atoms with Crippen LogP contribution in [-0.2, 0) is 11.2 Å². The van der Waals surface area contributed by atoms with Gasteiger partial charge in [0.05, 0.1) is 6.42 Å². The Morgan fingerprint density at radius 3 is 2.57 bits per heavy atom. The molecule has 0 saturated heterocycles. The minimum atomic E-state index is 0.109. The molecular weight excluding hydrogens is 176 g/mol. The number of nitrogens with one attached hydrogen (secondary N) is 1. The van der Waals surface area contributed by atoms with Crippen LogP contribution >= 0.6 is 0 Å². The summed E-state index contributed by atoms with van der Waals surface area (Å²) in [4.78, 5) is 11.4. The molecule has 3 nitrogen and oxygen atoms in total. The number of nitrogens with two attached hydrogens (primary N) is 1. The predicted octanol–water partition coefficient (Wildman–Crippen LogP) is 1.09. The molecule has 3 N–H and O–H groups in total. The molecule has 0 bridgehead atoms. The topological polar surface area (TPSA) is 55.1 Å². The van der Waals surface area contributed by atoms with Crippen molar-refractivity contribution in [3.05, 3.63) is 29.8 Å². The number of anilines is 1. The SMILES string of the molecule is Nc1ccc(CC(=O)NC2CC2)cc1. The molecule has 1 amide bonds. The normalized spacial score (nSPS) is 15.1. The molecule has 14 heavy (non-hydrogen) atoms. The minimum Gasteiger partial charge on any atom is -0.399 e. The fraction of sp³-hybridized carbons (Fsp3) is 0.364. The molecule has 1 aliphatic rings. The Morgan fingerprint density at radius 1 is 1.36 bits per heavy atom. The van der Waals surface area contributed by atoms with Crippen molar-refractivity contribution in [3.63, 3.8) is 0 Å². The van der Waals surface area contributed by atoms with E-state index in [9.17, 15) is 4.79 Å². The van der Waals surface area contributed by atoms with Crippen LogP contribution in [0.4, 0.5) is 5.69 Å². The van der Waals surface area contributed by atoms with E-state index in [4.69, 9.17) is 5.73 Å². The van der Waals surface area contributed by atoms with Crippen molar-refractivity contribution in [2.75, 3.05) is 5.73 Å². The first-order valence-corrected chi connectivity index (χ1v) is 4.88. The molecule has 1 aromatic rings. The molecule has 2 rings (SSSR count). The maximum Gasteiger partial charge on any atom is 0.224 e. The van der Waals surface area contributed by atoms with Crippen molar-refractivity contribution in [2.24, 2.45) is 0 Å². The lowest BCUT2D eigenvalue weighted by molar-refractivity contribution is -0.120. The first-order valence-electron chi connectivity index (χ1n) is 4.88. The molecule has 0 radical (unpaired) electrons. The van der Waals surface area contributed by atoms with E-state index in [-0.39, 0.29) is 5.91 Å². The molecular formula is C11H14N2O. The highest BCUT2D eigenvalue weighted by atomic mass is 16.1. The molecule has 1 saturated carbocycles. The maximum absolute atomic E-state index is 11.4. The zero-order valence-electron chi connectivity index (χ0n) is 7.99. The summed E-state index contributed by atoms with van der Waals surface area (Å²) in [6.07, 6.45) is 2.72. The third-order valence-corrected chi connectivity index (χ3v) is 2.29. The molecule has 0 aliphatic heterocycles. The van der Waals surface area contributed by atoms with Crippen LogP contribution in [0.25, 0.3) is 0 Å². The summed E-state index contributed by atoms with van der Waals surface area (Å²) in [6.45, 7) is 0. The summed E-state index contributed by atoms with van der Waals surface area (Å²) in [6, 6.07) is 7.86. The van der Waals surface area contributed by atoms with Crippen molar-refractivity contribution in [1.29, 1.82) is 0 Å². The van der Waals surface area contributed by atoms with Crippen LogP contribution in [0.15, 0.2) is 24.3 Å². The van der Waals surface area contributed by atoms with Crippen LogP contribution < -0.4 is 11.1 Å². The van der Waals surface area contributed by atoms with Crippen LogP contribution in [0.5, 0.6) is 0 Å². The zero-order valence-corrected chi connectivity index (χ0v) is 7.99. The number of nitrogen functional groups attached to an aromatic ring is 1. The molecule has 1 aliphatic carbocycles. The van der Waals surface area contributed by atoms with Gasteiger partial charge >= 0.3 is 0 Å². The fourth-order valence-electron chi connectivity index (χ4n) is 1.33. The summed E-state index contributed by atoms with van der Waals surface area (Å²) in [5, 5.41) is 2.95. The largest absolute Gasteiger partial charge is 0.399 e. The van der Waals surface area contributed by atoms with E-state index in [0.29, 0.717) is 12.5 Å². The number of amides is 1. The summed E-state index contributed by atoms with van der Waals surface area (Å²) in [7, 11) is 0. The fourth-order valence-corrected chi connectivity index (χ4v) is 1.33. The standard InChI is InChI=1S/C11H14N2O/c12-9-3-1-8(2-4-9)7-11(14)13-10-5-6-10/h1-4,10H,5-7,12H2,(H,13,14). The van der Waals surface area contributed by atoms with Crippen LogP contribution in [0.3, 0.4) is 0 Å². The molecule has 0 spiro atoms. The summed E-state index contributed by atoms with van der Waals surface area (Å²) >= 11 is 0. The Bertz CT molecular complexity index is 328. The predicted molar refractivity (Wildman–Crippen MR) is 55.7 cm³/mol. The number of hydrogen-bond donors (Lipinski definition) is 2. The van der Waals surface area contributed by atoms with Gasteiger partial charge in [0.15, 0.2) is 0 Å². The van der Waals surface area contributed by atoms with Gasteiger partial charge in [-0.25, -0.2) is 0 Å². The summed E-state index contributed by atoms with van der Waals surface area (Å²) < 4.78 is 0. The van der Waals surface area contributed by atoms with Gasteiger partial charge in [-0.15, -0.1) is 0 Å². The Labute approximate surface area is 83.3 Å². The molecule has 1 fully saturated rings. The number of carbonyl (C=O) groups excluding carboxylic acids is 1. The lowest BCUT2D eigenvalue weighted by atomic mass is 10.1. The minimum absolute atomic E-state index is 0.109. The van der Waals surface area contributed by atoms with Gasteiger partial charge in [0.25, 0.3) is 0 Å². The molecule has 3 heteroatoms. The van der Waals surface area contributed by atoms with Gasteiger partial charge < -0.3 is 11.1 Å². The summed E-state index contributed by atoms with van der Waals surface area (Å²) in [5.41, 5.74) is 7.29. The van der Waals surface area contributed by atoms with Crippen LogP contribution in [0.2, 0.25) is 0 Å². The zero-order chi connectivity index (χ0) is 9.97. The second-order valence-electron chi connectivity index (χ2n) is 3.76. The molecule has 0 aromatic heterocycles. The van der Waals surface area contributed by atoms with E-state index in [1.54, 1.807) is 0 Å². The highest BCUT2D eigenvalue weighted by Crippen LogP contribution is 2.18. The van der Waals surface area contributed by atoms with Gasteiger partial charge in [0.1, 0.15) is 0 Å². The van der Waals surface area contributed by atoms with Crippen molar-refractivity contribution < 1.29 is 4.79 Å². The van der Waals surface area contributed by atoms with Crippen LogP contribution in [0.1, 0.15) is 18.4 Å². The average Bonchev–Trinajstić information content (AvgIpc) is 2.93. The Morgan fingerprint density at radius 2 is 2.00 bits per heavy atom. The molecule has 1 aromatic carbocycles. The highest BCUT2D eigenvalue weighted by Gasteiger charge is 2.22. The van der Waals surface area contributed by atoms with Crippen LogP contribution in [0, 0.1) is 0 Å². The van der Waals surface area contributed by atoms with Gasteiger partial charge in [-0.1, -0.05) is 12.1 Å². The lowest BCUT2D eigenvalue weighted by Gasteiger charge is -2.03. The van der Waals surface area contributed by atoms with Gasteiger partial charge in [0, 0.05) is 11.7 Å². The lowest BCUT2D eigenvalue weighted by Crippen LogP contribution is -2.26. The third-order valence-electron chi connectivity index (χ3n) is 2.29. The Balaban J connectivity index is 1.89. The van der Waals surface area contributed by atoms with Crippen molar-refractivity contribution in [2.45, 2.75) is 25.3 Å². The Kier molecular flexibility index (Phi) is 2.39. The van der Waals surface area contributed by atoms with Gasteiger partial charge in [0.2, 0.25) is 5.91 Å².